The first-order valence-corrected chi connectivity index (χ1v) is 21.9. The van der Waals surface area contributed by atoms with Crippen LogP contribution in [0.2, 0.25) is 20.1 Å². The number of halogens is 10. The van der Waals surface area contributed by atoms with Gasteiger partial charge in [0.15, 0.2) is 11.6 Å². The molecule has 0 bridgehead atoms. The topological polar surface area (TPSA) is 200 Å². The third-order valence-electron chi connectivity index (χ3n) is 9.80. The molecule has 0 radical (unpaired) electrons. The van der Waals surface area contributed by atoms with Crippen molar-refractivity contribution in [2.75, 3.05) is 21.3 Å². The summed E-state index contributed by atoms with van der Waals surface area (Å²) in [5.41, 5.74) is -3.17. The third kappa shape index (κ3) is 13.7. The smallest absolute Gasteiger partial charge is 0.324 e. The normalized spacial score (nSPS) is 12.7. The van der Waals surface area contributed by atoms with Gasteiger partial charge in [-0.05, 0) is 111 Å². The van der Waals surface area contributed by atoms with Crippen molar-refractivity contribution in [1.82, 2.24) is 0 Å². The third-order valence-corrected chi connectivity index (χ3v) is 10.9. The first kappa shape index (κ1) is 54.2. The largest absolute Gasteiger partial charge is 0.419 e. The van der Waals surface area contributed by atoms with Crippen molar-refractivity contribution in [3.8, 4) is 0 Å². The summed E-state index contributed by atoms with van der Waals surface area (Å²) in [5, 5.41) is 23.8. The van der Waals surface area contributed by atoms with Crippen LogP contribution in [0.4, 0.5) is 60.5 Å². The van der Waals surface area contributed by atoms with E-state index in [-0.39, 0.29) is 56.8 Å². The van der Waals surface area contributed by atoms with E-state index < -0.39 is 92.2 Å². The number of rotatable bonds is 16. The van der Waals surface area contributed by atoms with Gasteiger partial charge in [-0.2, -0.15) is 46.8 Å². The number of carbonyl (C=O) groups excluding carboxylic acids is 6. The summed E-state index contributed by atoms with van der Waals surface area (Å²) < 4.78 is 82.2. The van der Waals surface area contributed by atoms with E-state index in [1.807, 2.05) is 0 Å². The van der Waals surface area contributed by atoms with Crippen molar-refractivity contribution in [1.29, 1.82) is 0 Å². The lowest BCUT2D eigenvalue weighted by Crippen LogP contribution is -2.33. The molecule has 4 N–H and O–H groups in total. The summed E-state index contributed by atoms with van der Waals surface area (Å²) in [6.45, 7) is 5.61. The molecule has 0 fully saturated rings. The number of anilines is 4. The maximum absolute atomic E-state index is 13.7. The molecule has 0 saturated heterocycles. The highest BCUT2D eigenvalue weighted by atomic mass is 35.5. The maximum Gasteiger partial charge on any atom is 0.419 e. The number of ketones is 2. The number of amides is 4. The molecular weight excluding hydrogens is 1020 g/mol. The van der Waals surface area contributed by atoms with Gasteiger partial charge < -0.3 is 21.3 Å². The lowest BCUT2D eigenvalue weighted by atomic mass is 10.0. The van der Waals surface area contributed by atoms with E-state index in [0.717, 1.165) is 62.4 Å². The van der Waals surface area contributed by atoms with Crippen LogP contribution in [0.25, 0.3) is 0 Å². The molecule has 5 rings (SSSR count). The van der Waals surface area contributed by atoms with E-state index in [1.165, 1.54) is 36.4 Å². The summed E-state index contributed by atoms with van der Waals surface area (Å²) in [5.74, 6) is -5.40. The lowest BCUT2D eigenvalue weighted by molar-refractivity contribution is -0.137. The highest BCUT2D eigenvalue weighted by molar-refractivity contribution is 6.33. The summed E-state index contributed by atoms with van der Waals surface area (Å²) in [4.78, 5) is 78.7. The Morgan fingerprint density at radius 3 is 1.29 bits per heavy atom. The van der Waals surface area contributed by atoms with Crippen LogP contribution in [-0.4, -0.2) is 47.3 Å². The molecule has 70 heavy (non-hydrogen) atoms. The van der Waals surface area contributed by atoms with Crippen LogP contribution in [0.1, 0.15) is 70.7 Å². The average Bonchev–Trinajstić information content (AvgIpc) is 3.25. The molecule has 14 nitrogen and oxygen atoms in total. The van der Waals surface area contributed by atoms with Crippen molar-refractivity contribution in [2.24, 2.45) is 20.5 Å². The van der Waals surface area contributed by atoms with Crippen molar-refractivity contribution in [3.63, 3.8) is 0 Å². The Labute approximate surface area is 414 Å². The molecule has 5 aromatic carbocycles. The number of benzene rings is 5. The Hall–Kier alpha value is -6.74. The van der Waals surface area contributed by atoms with Gasteiger partial charge in [0.25, 0.3) is 23.6 Å². The van der Waals surface area contributed by atoms with Gasteiger partial charge in [0.1, 0.15) is 0 Å². The Morgan fingerprint density at radius 1 is 0.543 bits per heavy atom. The van der Waals surface area contributed by atoms with E-state index >= 15 is 0 Å². The van der Waals surface area contributed by atoms with E-state index in [4.69, 9.17) is 46.4 Å². The first-order valence-electron chi connectivity index (χ1n) is 20.4. The van der Waals surface area contributed by atoms with Gasteiger partial charge >= 0.3 is 12.4 Å². The van der Waals surface area contributed by atoms with Gasteiger partial charge in [0.2, 0.25) is 12.1 Å². The minimum absolute atomic E-state index is 0.0828. The van der Waals surface area contributed by atoms with Crippen LogP contribution in [0.3, 0.4) is 0 Å². The second kappa shape index (κ2) is 22.8. The molecule has 24 heteroatoms. The number of azo groups is 2. The monoisotopic (exact) mass is 1050 g/mol. The molecule has 0 aromatic heterocycles. The van der Waals surface area contributed by atoms with Crippen molar-refractivity contribution < 1.29 is 55.1 Å². The van der Waals surface area contributed by atoms with Gasteiger partial charge in [0.05, 0.1) is 43.9 Å². The molecule has 2 unspecified atom stereocenters. The van der Waals surface area contributed by atoms with Gasteiger partial charge in [0, 0.05) is 32.5 Å². The van der Waals surface area contributed by atoms with Gasteiger partial charge in [-0.3, -0.25) is 28.8 Å². The predicted molar refractivity (Wildman–Crippen MR) is 252 cm³/mol. The zero-order chi connectivity index (χ0) is 51.8. The molecule has 5 aromatic rings. The molecule has 4 amide bonds. The summed E-state index contributed by atoms with van der Waals surface area (Å²) in [7, 11) is 0. The number of Topliss-reactive ketones (excluding diaryl/α,β-unsaturated/α-hetero) is 2. The van der Waals surface area contributed by atoms with E-state index in [1.54, 1.807) is 13.8 Å². The highest BCUT2D eigenvalue weighted by Crippen LogP contribution is 2.41. The van der Waals surface area contributed by atoms with Crippen molar-refractivity contribution in [3.05, 3.63) is 138 Å². The molecule has 2 atom stereocenters. The van der Waals surface area contributed by atoms with E-state index in [2.05, 4.69) is 41.7 Å². The number of nitrogens with zero attached hydrogens (tertiary/aromatic N) is 4. The highest BCUT2D eigenvalue weighted by Gasteiger charge is 2.38. The second-order valence-corrected chi connectivity index (χ2v) is 16.6. The number of aryl methyl sites for hydroxylation is 2. The van der Waals surface area contributed by atoms with E-state index in [0.29, 0.717) is 11.1 Å². The fraction of sp³-hybridized carbons (Fsp3) is 0.217. The van der Waals surface area contributed by atoms with Crippen LogP contribution >= 0.6 is 46.4 Å². The Bertz CT molecular complexity index is 2940. The average molecular weight is 1050 g/mol. The van der Waals surface area contributed by atoms with Gasteiger partial charge in [-0.25, -0.2) is 0 Å². The van der Waals surface area contributed by atoms with Crippen molar-refractivity contribution >= 4 is 116 Å². The molecular formula is C46H36Cl4F6N8O6. The summed E-state index contributed by atoms with van der Waals surface area (Å²) in [6, 6.07) is 12.9. The van der Waals surface area contributed by atoms with Gasteiger partial charge in [-0.15, -0.1) is 0 Å². The number of hydrogen-bond donors (Lipinski definition) is 4. The van der Waals surface area contributed by atoms with Crippen LogP contribution < -0.4 is 21.3 Å². The summed E-state index contributed by atoms with van der Waals surface area (Å²) in [6.07, 6.45) is -9.27. The molecule has 366 valence electrons. The Kier molecular flexibility index (Phi) is 17.6. The number of hydrogen-bond acceptors (Lipinski definition) is 10. The predicted octanol–water partition coefficient (Wildman–Crippen LogP) is 13.3. The molecule has 0 aliphatic carbocycles. The van der Waals surface area contributed by atoms with Crippen LogP contribution in [0.15, 0.2) is 105 Å². The first-order chi connectivity index (χ1) is 32.8. The molecule has 0 spiro atoms. The van der Waals surface area contributed by atoms with Gasteiger partial charge in [-0.1, -0.05) is 72.4 Å². The maximum atomic E-state index is 13.7. The van der Waals surface area contributed by atoms with Crippen LogP contribution in [0, 0.1) is 0 Å². The molecule has 0 heterocycles. The Balaban J connectivity index is 1.32. The summed E-state index contributed by atoms with van der Waals surface area (Å²) >= 11 is 23.9. The minimum atomic E-state index is -4.90. The molecule has 0 aliphatic heterocycles. The Morgan fingerprint density at radius 2 is 0.929 bits per heavy atom. The lowest BCUT2D eigenvalue weighted by Gasteiger charge is -2.19. The second-order valence-electron chi connectivity index (χ2n) is 14.9. The molecule has 0 aliphatic rings. The number of carbonyl (C=O) groups is 6. The standard InChI is InChI=1S/C46H36Cl4F6N8O6/c1-5-23-15-29(57-43(69)38(21(3)65)63-61-30-17-25(13-27(47)19-30)41(67)58-34-11-7-9-32(49)36(34)45(51,52)53)16-24(6-2)40(23)60-44(70)39(22(4)66)64-62-31-18-26(14-28(48)20-31)42(68)59-35-12-8-10-33(50)37(35)46(54,55)56/h7-20,38-39H,5-6H2,1-4H3,(H,57,69)(H,58,67)(H,59,68)(H,60,70). The van der Waals surface area contributed by atoms with Crippen molar-refractivity contribution in [2.45, 2.75) is 65.0 Å². The fourth-order valence-corrected chi connectivity index (χ4v) is 7.62. The quantitative estimate of drug-likeness (QED) is 0.0430. The zero-order valence-corrected chi connectivity index (χ0v) is 39.7. The minimum Gasteiger partial charge on any atom is -0.324 e. The number of alkyl halides is 6. The molecule has 0 saturated carbocycles. The van der Waals surface area contributed by atoms with Crippen LogP contribution in [0.5, 0.6) is 0 Å². The number of nitrogens with one attached hydrogen (secondary N) is 4. The zero-order valence-electron chi connectivity index (χ0n) is 36.7. The fourth-order valence-electron chi connectivity index (χ4n) is 6.59. The van der Waals surface area contributed by atoms with Crippen LogP contribution in [-0.2, 0) is 44.4 Å². The van der Waals surface area contributed by atoms with E-state index in [9.17, 15) is 55.1 Å². The SMILES string of the molecule is CCc1cc(NC(=O)C(N=Nc2cc(Cl)cc(C(=O)Nc3cccc(Cl)c3C(F)(F)F)c2)C(C)=O)cc(CC)c1NC(=O)C(N=Nc1cc(Cl)cc(C(=O)Nc2cccc(Cl)c2C(F)(F)F)c1)C(C)=O.